The van der Waals surface area contributed by atoms with Crippen LogP contribution >= 0.6 is 0 Å². The predicted octanol–water partition coefficient (Wildman–Crippen LogP) is 3.57. The van der Waals surface area contributed by atoms with Crippen molar-refractivity contribution in [2.24, 2.45) is 10.7 Å². The maximum absolute atomic E-state index is 12.1. The van der Waals surface area contributed by atoms with Crippen molar-refractivity contribution in [2.75, 3.05) is 11.9 Å². The molecule has 1 aromatic heterocycles. The molecule has 3 N–H and O–H groups in total. The Labute approximate surface area is 143 Å². The van der Waals surface area contributed by atoms with Crippen LogP contribution in [0.15, 0.2) is 41.5 Å². The van der Waals surface area contributed by atoms with E-state index in [9.17, 15) is 13.2 Å². The van der Waals surface area contributed by atoms with Crippen LogP contribution in [-0.4, -0.2) is 23.7 Å². The number of anilines is 1. The average molecular weight is 352 g/mol. The van der Waals surface area contributed by atoms with Gasteiger partial charge in [0.25, 0.3) is 0 Å². The first-order valence-electron chi connectivity index (χ1n) is 7.51. The molecule has 2 aromatic rings. The van der Waals surface area contributed by atoms with Crippen molar-refractivity contribution in [3.05, 3.63) is 53.2 Å². The Morgan fingerprint density at radius 2 is 1.88 bits per heavy atom. The molecule has 8 heteroatoms. The second-order valence-corrected chi connectivity index (χ2v) is 5.61. The zero-order valence-corrected chi connectivity index (χ0v) is 13.9. The van der Waals surface area contributed by atoms with E-state index in [2.05, 4.69) is 20.0 Å². The number of nitrogens with one attached hydrogen (secondary N) is 1. The van der Waals surface area contributed by atoms with E-state index in [1.165, 1.54) is 12.3 Å². The van der Waals surface area contributed by atoms with Gasteiger partial charge in [-0.25, -0.2) is 9.98 Å². The van der Waals surface area contributed by atoms with Crippen LogP contribution in [0.4, 0.5) is 18.9 Å². The van der Waals surface area contributed by atoms with Crippen LogP contribution in [0.2, 0.25) is 0 Å². The average Bonchev–Trinajstić information content (AvgIpc) is 2.50. The van der Waals surface area contributed by atoms with Crippen molar-refractivity contribution in [1.82, 2.24) is 4.98 Å². The van der Waals surface area contributed by atoms with Gasteiger partial charge in [0.2, 0.25) is 5.88 Å². The summed E-state index contributed by atoms with van der Waals surface area (Å²) in [6, 6.07) is 8.90. The van der Waals surface area contributed by atoms with Crippen LogP contribution < -0.4 is 15.8 Å². The smallest absolute Gasteiger partial charge is 0.422 e. The summed E-state index contributed by atoms with van der Waals surface area (Å²) >= 11 is 0. The second-order valence-electron chi connectivity index (χ2n) is 5.61. The molecule has 0 saturated carbocycles. The maximum Gasteiger partial charge on any atom is 0.422 e. The molecule has 0 spiro atoms. The Hall–Kier alpha value is -2.77. The largest absolute Gasteiger partial charge is 0.468 e. The van der Waals surface area contributed by atoms with Crippen LogP contribution in [-0.2, 0) is 6.54 Å². The van der Waals surface area contributed by atoms with Gasteiger partial charge < -0.3 is 15.8 Å². The van der Waals surface area contributed by atoms with E-state index < -0.39 is 12.8 Å². The Kier molecular flexibility index (Phi) is 5.84. The lowest BCUT2D eigenvalue weighted by molar-refractivity contribution is -0.154. The van der Waals surface area contributed by atoms with Gasteiger partial charge in [0.1, 0.15) is 0 Å². The molecule has 1 aromatic carbocycles. The quantitative estimate of drug-likeness (QED) is 0.637. The van der Waals surface area contributed by atoms with Crippen molar-refractivity contribution in [3.8, 4) is 5.88 Å². The molecule has 134 valence electrons. The highest BCUT2D eigenvalue weighted by atomic mass is 19.4. The van der Waals surface area contributed by atoms with Gasteiger partial charge in [-0.3, -0.25) is 0 Å². The van der Waals surface area contributed by atoms with Crippen molar-refractivity contribution < 1.29 is 17.9 Å². The molecule has 0 unspecified atom stereocenters. The number of alkyl halides is 3. The molecule has 0 bridgehead atoms. The van der Waals surface area contributed by atoms with Crippen LogP contribution in [0.5, 0.6) is 5.88 Å². The lowest BCUT2D eigenvalue weighted by Gasteiger charge is -2.09. The van der Waals surface area contributed by atoms with Crippen molar-refractivity contribution in [1.29, 1.82) is 0 Å². The Balaban J connectivity index is 1.91. The number of hydrogen-bond donors (Lipinski definition) is 2. The third kappa shape index (κ3) is 6.70. The highest BCUT2D eigenvalue weighted by Crippen LogP contribution is 2.17. The lowest BCUT2D eigenvalue weighted by atomic mass is 10.1. The number of halogens is 3. The highest BCUT2D eigenvalue weighted by Gasteiger charge is 2.28. The molecule has 0 aliphatic rings. The Morgan fingerprint density at radius 3 is 2.44 bits per heavy atom. The first kappa shape index (κ1) is 18.6. The number of ether oxygens (including phenoxy) is 1. The van der Waals surface area contributed by atoms with E-state index >= 15 is 0 Å². The molecule has 25 heavy (non-hydrogen) atoms. The van der Waals surface area contributed by atoms with E-state index in [1.54, 1.807) is 6.07 Å². The number of nitrogens with zero attached hydrogens (tertiary/aromatic N) is 2. The van der Waals surface area contributed by atoms with E-state index in [0.29, 0.717) is 5.56 Å². The van der Waals surface area contributed by atoms with Crippen LogP contribution in [0.3, 0.4) is 0 Å². The summed E-state index contributed by atoms with van der Waals surface area (Å²) in [6.07, 6.45) is -2.99. The summed E-state index contributed by atoms with van der Waals surface area (Å²) < 4.78 is 40.7. The second kappa shape index (κ2) is 7.87. The van der Waals surface area contributed by atoms with Gasteiger partial charge in [0.05, 0.1) is 6.54 Å². The van der Waals surface area contributed by atoms with Crippen LogP contribution in [0.1, 0.15) is 16.7 Å². The first-order valence-corrected chi connectivity index (χ1v) is 7.51. The number of benzene rings is 1. The summed E-state index contributed by atoms with van der Waals surface area (Å²) in [7, 11) is 0. The molecule has 0 fully saturated rings. The van der Waals surface area contributed by atoms with Gasteiger partial charge >= 0.3 is 6.18 Å². The fourth-order valence-electron chi connectivity index (χ4n) is 2.16. The lowest BCUT2D eigenvalue weighted by Crippen LogP contribution is -2.22. The number of pyridine rings is 1. The van der Waals surface area contributed by atoms with Crippen molar-refractivity contribution in [3.63, 3.8) is 0 Å². The standard InChI is InChI=1S/C17H19F3N4O/c1-11-5-12(2)7-14(6-11)24-16(21)23-9-13-3-4-15(22-8-13)25-10-17(18,19)20/h3-8H,9-10H2,1-2H3,(H3,21,23,24). The van der Waals surface area contributed by atoms with Gasteiger partial charge in [-0.15, -0.1) is 0 Å². The molecule has 0 aliphatic heterocycles. The summed E-state index contributed by atoms with van der Waals surface area (Å²) in [6.45, 7) is 2.85. The summed E-state index contributed by atoms with van der Waals surface area (Å²) in [5.41, 5.74) is 9.60. The van der Waals surface area contributed by atoms with Crippen molar-refractivity contribution >= 4 is 11.6 Å². The number of nitrogens with two attached hydrogens (primary N) is 1. The summed E-state index contributed by atoms with van der Waals surface area (Å²) in [4.78, 5) is 8.00. The topological polar surface area (TPSA) is 72.5 Å². The van der Waals surface area contributed by atoms with Gasteiger partial charge in [0.15, 0.2) is 12.6 Å². The molecular formula is C17H19F3N4O. The van der Waals surface area contributed by atoms with Gasteiger partial charge in [-0.2, -0.15) is 13.2 Å². The normalized spacial score (nSPS) is 12.1. The summed E-state index contributed by atoms with van der Waals surface area (Å²) in [5.74, 6) is 0.147. The van der Waals surface area contributed by atoms with Gasteiger partial charge in [0, 0.05) is 18.0 Å². The minimum absolute atomic E-state index is 0.0913. The highest BCUT2D eigenvalue weighted by molar-refractivity contribution is 5.92. The molecule has 0 atom stereocenters. The third-order valence-electron chi connectivity index (χ3n) is 3.11. The number of aliphatic imine (C=N–C) groups is 1. The van der Waals surface area contributed by atoms with Crippen LogP contribution in [0.25, 0.3) is 0 Å². The zero-order valence-electron chi connectivity index (χ0n) is 13.9. The Bertz CT molecular complexity index is 722. The molecule has 0 radical (unpaired) electrons. The molecule has 0 aliphatic carbocycles. The van der Waals surface area contributed by atoms with Gasteiger partial charge in [-0.05, 0) is 42.7 Å². The third-order valence-corrected chi connectivity index (χ3v) is 3.11. The first-order chi connectivity index (χ1) is 11.7. The SMILES string of the molecule is Cc1cc(C)cc(NC(N)=NCc2ccc(OCC(F)(F)F)nc2)c1. The monoisotopic (exact) mass is 352 g/mol. The number of hydrogen-bond acceptors (Lipinski definition) is 3. The van der Waals surface area contributed by atoms with E-state index in [4.69, 9.17) is 5.73 Å². The van der Waals surface area contributed by atoms with E-state index in [0.717, 1.165) is 16.8 Å². The molecule has 0 saturated heterocycles. The number of rotatable bonds is 5. The molecule has 0 amide bonds. The number of aryl methyl sites for hydroxylation is 2. The van der Waals surface area contributed by atoms with E-state index in [-0.39, 0.29) is 18.4 Å². The molecule has 5 nitrogen and oxygen atoms in total. The Morgan fingerprint density at radius 1 is 1.20 bits per heavy atom. The predicted molar refractivity (Wildman–Crippen MR) is 90.7 cm³/mol. The maximum atomic E-state index is 12.1. The fourth-order valence-corrected chi connectivity index (χ4v) is 2.16. The minimum Gasteiger partial charge on any atom is -0.468 e. The van der Waals surface area contributed by atoms with Crippen LogP contribution in [0, 0.1) is 13.8 Å². The van der Waals surface area contributed by atoms with Gasteiger partial charge in [-0.1, -0.05) is 12.1 Å². The number of aromatic nitrogens is 1. The van der Waals surface area contributed by atoms with E-state index in [1.807, 2.05) is 32.0 Å². The summed E-state index contributed by atoms with van der Waals surface area (Å²) in [5, 5.41) is 3.00. The number of guanidine groups is 1. The molecular weight excluding hydrogens is 333 g/mol. The molecule has 2 rings (SSSR count). The molecule has 1 heterocycles. The zero-order chi connectivity index (χ0) is 18.4. The fraction of sp³-hybridized carbons (Fsp3) is 0.294. The van der Waals surface area contributed by atoms with Crippen molar-refractivity contribution in [2.45, 2.75) is 26.6 Å². The minimum atomic E-state index is -4.39.